The van der Waals surface area contributed by atoms with Crippen LogP contribution in [-0.2, 0) is 51.3 Å². The van der Waals surface area contributed by atoms with E-state index >= 15 is 0 Å². The molecule has 2 heterocycles. The average molecular weight is 891 g/mol. The van der Waals surface area contributed by atoms with E-state index in [1.165, 1.54) is 12.2 Å². The third-order valence-corrected chi connectivity index (χ3v) is 11.2. The molecule has 1 saturated heterocycles. The molecule has 1 fully saturated rings. The van der Waals surface area contributed by atoms with E-state index < -0.39 is 65.1 Å². The number of ketones is 2. The molecular weight excluding hydrogens is 833 g/mol. The van der Waals surface area contributed by atoms with E-state index in [1.54, 1.807) is 51.1 Å². The minimum absolute atomic E-state index is 0.143. The maximum Gasteiger partial charge on any atom is 0.317 e. The second-order valence-corrected chi connectivity index (χ2v) is 16.1. The Labute approximate surface area is 371 Å². The zero-order chi connectivity index (χ0) is 46.6. The quantitative estimate of drug-likeness (QED) is 0.0730. The summed E-state index contributed by atoms with van der Waals surface area (Å²) < 4.78 is 0. The minimum atomic E-state index is -1.16. The van der Waals surface area contributed by atoms with E-state index in [1.807, 2.05) is 18.2 Å². The molecule has 0 radical (unpaired) electrons. The van der Waals surface area contributed by atoms with Gasteiger partial charge in [-0.3, -0.25) is 67.7 Å². The lowest BCUT2D eigenvalue weighted by Crippen LogP contribution is -2.48. The number of nitrogens with one attached hydrogen (secondary N) is 1. The van der Waals surface area contributed by atoms with Crippen LogP contribution in [0.25, 0.3) is 0 Å². The second kappa shape index (κ2) is 25.8. The number of amides is 3. The van der Waals surface area contributed by atoms with Crippen LogP contribution < -0.4 is 5.32 Å². The maximum atomic E-state index is 13.6. The van der Waals surface area contributed by atoms with Crippen LogP contribution in [0.4, 0.5) is 0 Å². The number of carbonyl (C=O) groups is 9. The Hall–Kier alpha value is -6.15. The van der Waals surface area contributed by atoms with Gasteiger partial charge in [-0.15, -0.1) is 0 Å². The molecule has 4 rings (SSSR count). The average Bonchev–Trinajstić information content (AvgIpc) is 3.56. The highest BCUT2D eigenvalue weighted by Gasteiger charge is 2.27. The number of carboxylic acids is 4. The van der Waals surface area contributed by atoms with Crippen LogP contribution in [0.5, 0.6) is 0 Å². The third kappa shape index (κ3) is 17.9. The van der Waals surface area contributed by atoms with E-state index in [0.29, 0.717) is 58.7 Å². The SMILES string of the molecule is O=C(O)CN1CCN(CC(=O)O)CCN(Cc2ccc(C(=O)NC(Cc3ccccc3)C(=O)CCC(=O)CC(CCCCN3C(=O)C=CC3=O)C(=O)O)cc2)CCN(CC(=O)O)CC1. The molecule has 2 unspecified atom stereocenters. The number of Topliss-reactive ketones (excluding diaryl/α,β-unsaturated/α-hetero) is 2. The van der Waals surface area contributed by atoms with Gasteiger partial charge in [-0.25, -0.2) is 0 Å². The van der Waals surface area contributed by atoms with Gasteiger partial charge in [-0.1, -0.05) is 48.9 Å². The third-order valence-electron chi connectivity index (χ3n) is 11.2. The lowest BCUT2D eigenvalue weighted by molar-refractivity contribution is -0.144. The molecule has 2 aliphatic heterocycles. The van der Waals surface area contributed by atoms with Crippen LogP contribution in [0, 0.1) is 5.92 Å². The van der Waals surface area contributed by atoms with E-state index in [9.17, 15) is 63.6 Å². The Kier molecular flexibility index (Phi) is 20.4. The Bertz CT molecular complexity index is 1940. The van der Waals surface area contributed by atoms with Crippen molar-refractivity contribution in [3.63, 3.8) is 0 Å². The van der Waals surface area contributed by atoms with Gasteiger partial charge in [0.05, 0.1) is 31.6 Å². The Morgan fingerprint density at radius 2 is 1.09 bits per heavy atom. The van der Waals surface area contributed by atoms with Crippen LogP contribution in [0.1, 0.15) is 60.0 Å². The first kappa shape index (κ1) is 50.5. The normalized spacial score (nSPS) is 17.0. The molecule has 3 amide bonds. The molecule has 2 aromatic carbocycles. The van der Waals surface area contributed by atoms with Crippen molar-refractivity contribution < 1.29 is 63.6 Å². The van der Waals surface area contributed by atoms with Gasteiger partial charge in [0.15, 0.2) is 5.78 Å². The van der Waals surface area contributed by atoms with Crippen molar-refractivity contribution in [3.8, 4) is 0 Å². The fourth-order valence-corrected chi connectivity index (χ4v) is 7.58. The van der Waals surface area contributed by atoms with Gasteiger partial charge in [0, 0.05) is 102 Å². The summed E-state index contributed by atoms with van der Waals surface area (Å²) >= 11 is 0. The topological polar surface area (TPSA) is 263 Å². The monoisotopic (exact) mass is 890 g/mol. The molecule has 346 valence electrons. The first-order valence-electron chi connectivity index (χ1n) is 21.4. The predicted molar refractivity (Wildman–Crippen MR) is 230 cm³/mol. The lowest BCUT2D eigenvalue weighted by Gasteiger charge is -2.33. The van der Waals surface area contributed by atoms with E-state index in [2.05, 4.69) is 10.2 Å². The molecule has 0 saturated carbocycles. The number of hydrogen-bond donors (Lipinski definition) is 5. The van der Waals surface area contributed by atoms with Gasteiger partial charge in [-0.2, -0.15) is 0 Å². The molecule has 64 heavy (non-hydrogen) atoms. The number of hydrogen-bond acceptors (Lipinski definition) is 13. The number of carbonyl (C=O) groups excluding carboxylic acids is 5. The zero-order valence-electron chi connectivity index (χ0n) is 35.8. The molecule has 0 bridgehead atoms. The summed E-state index contributed by atoms with van der Waals surface area (Å²) in [5, 5.41) is 41.1. The summed E-state index contributed by atoms with van der Waals surface area (Å²) in [6.07, 6.45) is 2.65. The van der Waals surface area contributed by atoms with Crippen molar-refractivity contribution in [2.24, 2.45) is 5.92 Å². The van der Waals surface area contributed by atoms with Crippen molar-refractivity contribution >= 4 is 53.2 Å². The van der Waals surface area contributed by atoms with Crippen molar-refractivity contribution in [2.45, 2.75) is 57.5 Å². The van der Waals surface area contributed by atoms with Crippen LogP contribution >= 0.6 is 0 Å². The number of unbranched alkanes of at least 4 members (excludes halogenated alkanes) is 1. The zero-order valence-corrected chi connectivity index (χ0v) is 35.8. The summed E-state index contributed by atoms with van der Waals surface area (Å²) in [7, 11) is 0. The first-order chi connectivity index (χ1) is 30.6. The van der Waals surface area contributed by atoms with Gasteiger partial charge in [0.2, 0.25) is 0 Å². The number of benzene rings is 2. The molecule has 5 N–H and O–H groups in total. The van der Waals surface area contributed by atoms with Crippen molar-refractivity contribution in [2.75, 3.05) is 78.5 Å². The van der Waals surface area contributed by atoms with Crippen LogP contribution in [-0.4, -0.2) is 183 Å². The van der Waals surface area contributed by atoms with Crippen LogP contribution in [0.3, 0.4) is 0 Å². The lowest BCUT2D eigenvalue weighted by atomic mass is 9.93. The Morgan fingerprint density at radius 1 is 0.594 bits per heavy atom. The molecular formula is C45H58N6O13. The van der Waals surface area contributed by atoms with Crippen molar-refractivity contribution in [3.05, 3.63) is 83.4 Å². The molecule has 0 aliphatic carbocycles. The number of carboxylic acid groups (broad SMARTS) is 4. The van der Waals surface area contributed by atoms with Gasteiger partial charge in [0.25, 0.3) is 17.7 Å². The number of nitrogens with zero attached hydrogens (tertiary/aromatic N) is 5. The van der Waals surface area contributed by atoms with Crippen molar-refractivity contribution in [1.29, 1.82) is 0 Å². The molecule has 2 aliphatic rings. The summed E-state index contributed by atoms with van der Waals surface area (Å²) in [6, 6.07) is 14.8. The fraction of sp³-hybridized carbons (Fsp3) is 0.489. The molecule has 0 aromatic heterocycles. The highest BCUT2D eigenvalue weighted by Crippen LogP contribution is 2.18. The van der Waals surface area contributed by atoms with Gasteiger partial charge in [0.1, 0.15) is 5.78 Å². The molecule has 0 spiro atoms. The van der Waals surface area contributed by atoms with Gasteiger partial charge in [-0.05, 0) is 42.5 Å². The summed E-state index contributed by atoms with van der Waals surface area (Å²) in [5.74, 6) is -7.44. The number of aliphatic carboxylic acids is 4. The molecule has 19 nitrogen and oxygen atoms in total. The number of rotatable bonds is 24. The Balaban J connectivity index is 1.37. The summed E-state index contributed by atoms with van der Waals surface area (Å²) in [6.45, 7) is 2.46. The fourth-order valence-electron chi connectivity index (χ4n) is 7.58. The first-order valence-corrected chi connectivity index (χ1v) is 21.4. The summed E-state index contributed by atoms with van der Waals surface area (Å²) in [4.78, 5) is 119. The smallest absolute Gasteiger partial charge is 0.317 e. The largest absolute Gasteiger partial charge is 0.481 e. The van der Waals surface area contributed by atoms with Gasteiger partial charge >= 0.3 is 23.9 Å². The highest BCUT2D eigenvalue weighted by molar-refractivity contribution is 6.12. The van der Waals surface area contributed by atoms with Crippen LogP contribution in [0.2, 0.25) is 0 Å². The molecule has 2 aromatic rings. The highest BCUT2D eigenvalue weighted by atomic mass is 16.4. The van der Waals surface area contributed by atoms with E-state index in [0.717, 1.165) is 16.0 Å². The second-order valence-electron chi connectivity index (χ2n) is 16.1. The van der Waals surface area contributed by atoms with E-state index in [4.69, 9.17) is 0 Å². The maximum absolute atomic E-state index is 13.6. The van der Waals surface area contributed by atoms with Crippen LogP contribution in [0.15, 0.2) is 66.7 Å². The molecule has 19 heteroatoms. The molecule has 2 atom stereocenters. The summed E-state index contributed by atoms with van der Waals surface area (Å²) in [5.41, 5.74) is 1.86. The Morgan fingerprint density at radius 3 is 1.58 bits per heavy atom. The standard InChI is InChI=1S/C45H58N6O13/c52-36(27-35(45(63)64)8-4-5-17-51-39(54)15-16-40(51)55)13-14-38(53)37(26-32-6-2-1-3-7-32)46-44(62)34-11-9-33(10-12-34)28-47-18-20-48(29-41(56)57)22-24-50(31-43(60)61)25-23-49(21-19-47)30-42(58)59/h1-3,6-7,9-12,15-16,35,37H,4-5,8,13-14,17-31H2,(H,46,62)(H,56,57)(H,58,59)(H,60,61)(H,63,64). The van der Waals surface area contributed by atoms with Gasteiger partial charge < -0.3 is 25.7 Å². The number of imide groups is 1. The van der Waals surface area contributed by atoms with E-state index in [-0.39, 0.29) is 76.9 Å². The van der Waals surface area contributed by atoms with Crippen molar-refractivity contribution in [1.82, 2.24) is 29.8 Å². The predicted octanol–water partition coefficient (Wildman–Crippen LogP) is 1.11. The minimum Gasteiger partial charge on any atom is -0.481 e.